The first-order valence-corrected chi connectivity index (χ1v) is 14.9. The topological polar surface area (TPSA) is 112 Å². The summed E-state index contributed by atoms with van der Waals surface area (Å²) < 4.78 is 0. The van der Waals surface area contributed by atoms with Crippen LogP contribution in [0, 0.1) is 0 Å². The lowest BCUT2D eigenvalue weighted by Gasteiger charge is -2.39. The van der Waals surface area contributed by atoms with E-state index in [1.54, 1.807) is 0 Å². The first-order valence-electron chi connectivity index (χ1n) is 14.9. The lowest BCUT2D eigenvalue weighted by atomic mass is 9.71. The van der Waals surface area contributed by atoms with E-state index in [9.17, 15) is 29.7 Å². The van der Waals surface area contributed by atoms with Crippen molar-refractivity contribution in [2.24, 2.45) is 0 Å². The highest BCUT2D eigenvalue weighted by Gasteiger charge is 2.62. The van der Waals surface area contributed by atoms with Crippen molar-refractivity contribution in [2.45, 2.75) is 167 Å². The van der Waals surface area contributed by atoms with Gasteiger partial charge in [-0.25, -0.2) is 0 Å². The molecule has 0 aliphatic heterocycles. The minimum Gasteiger partial charge on any atom is -0.393 e. The summed E-state index contributed by atoms with van der Waals surface area (Å²) >= 11 is 0. The number of rotatable bonds is 26. The van der Waals surface area contributed by atoms with E-state index in [1.807, 2.05) is 0 Å². The van der Waals surface area contributed by atoms with Gasteiger partial charge >= 0.3 is 0 Å². The van der Waals surface area contributed by atoms with E-state index >= 15 is 0 Å². The molecule has 0 saturated heterocycles. The first kappa shape index (κ1) is 34.9. The van der Waals surface area contributed by atoms with E-state index in [2.05, 4.69) is 20.8 Å². The fourth-order valence-corrected chi connectivity index (χ4v) is 4.79. The molecule has 1 atom stereocenters. The van der Waals surface area contributed by atoms with Crippen molar-refractivity contribution in [1.29, 1.82) is 0 Å². The Morgan fingerprint density at radius 1 is 0.472 bits per heavy atom. The van der Waals surface area contributed by atoms with Crippen molar-refractivity contribution in [1.82, 2.24) is 0 Å². The molecule has 0 radical (unpaired) electrons. The van der Waals surface area contributed by atoms with Gasteiger partial charge in [0.15, 0.2) is 23.0 Å². The molecule has 0 aromatic heterocycles. The Morgan fingerprint density at radius 2 is 0.750 bits per heavy atom. The number of unbranched alkanes of at least 4 members (excludes halogenated alkanes) is 15. The average molecular weight is 513 g/mol. The molecule has 6 nitrogen and oxygen atoms in total. The number of carbonyl (C=O) groups is 3. The summed E-state index contributed by atoms with van der Waals surface area (Å²) in [6.07, 6.45) is 16.2. The number of hydrogen-bond donors (Lipinski definition) is 3. The molecular formula is C30H56O6. The molecule has 6 heteroatoms. The summed E-state index contributed by atoms with van der Waals surface area (Å²) in [5.41, 5.74) is -5.69. The van der Waals surface area contributed by atoms with Gasteiger partial charge in [-0.2, -0.15) is 0 Å². The zero-order valence-electron chi connectivity index (χ0n) is 23.6. The Bertz CT molecular complexity index is 574. The predicted molar refractivity (Wildman–Crippen MR) is 146 cm³/mol. The molecule has 0 saturated carbocycles. The normalized spacial score (nSPS) is 13.5. The highest BCUT2D eigenvalue weighted by Crippen LogP contribution is 2.32. The van der Waals surface area contributed by atoms with Crippen LogP contribution in [-0.4, -0.2) is 50.5 Å². The van der Waals surface area contributed by atoms with E-state index in [4.69, 9.17) is 0 Å². The van der Waals surface area contributed by atoms with Crippen molar-refractivity contribution < 1.29 is 29.7 Å². The van der Waals surface area contributed by atoms with Crippen LogP contribution in [0.15, 0.2) is 0 Å². The summed E-state index contributed by atoms with van der Waals surface area (Å²) in [4.78, 5) is 39.5. The molecule has 36 heavy (non-hydrogen) atoms. The van der Waals surface area contributed by atoms with Crippen LogP contribution < -0.4 is 0 Å². The molecule has 0 aliphatic carbocycles. The molecule has 0 bridgehead atoms. The van der Waals surface area contributed by atoms with Crippen LogP contribution in [0.1, 0.15) is 156 Å². The number of aliphatic hydroxyl groups excluding tert-OH is 1. The largest absolute Gasteiger partial charge is 0.393 e. The molecule has 0 fully saturated rings. The van der Waals surface area contributed by atoms with Gasteiger partial charge in [-0.15, -0.1) is 0 Å². The summed E-state index contributed by atoms with van der Waals surface area (Å²) in [6, 6.07) is 0. The van der Waals surface area contributed by atoms with Crippen LogP contribution in [-0.2, 0) is 14.4 Å². The van der Waals surface area contributed by atoms with Crippen molar-refractivity contribution in [2.75, 3.05) is 6.61 Å². The van der Waals surface area contributed by atoms with E-state index in [1.165, 1.54) is 0 Å². The van der Waals surface area contributed by atoms with Crippen LogP contribution in [0.4, 0.5) is 0 Å². The Kier molecular flexibility index (Phi) is 20.2. The third-order valence-corrected chi connectivity index (χ3v) is 7.37. The van der Waals surface area contributed by atoms with Gasteiger partial charge < -0.3 is 15.3 Å². The molecule has 0 rings (SSSR count). The van der Waals surface area contributed by atoms with Crippen LogP contribution in [0.3, 0.4) is 0 Å². The maximum atomic E-state index is 13.2. The Hall–Kier alpha value is -1.11. The Labute approximate surface area is 220 Å². The summed E-state index contributed by atoms with van der Waals surface area (Å²) in [5, 5.41) is 32.8. The first-order chi connectivity index (χ1) is 17.3. The van der Waals surface area contributed by atoms with Gasteiger partial charge in [-0.1, -0.05) is 117 Å². The molecular weight excluding hydrogens is 456 g/mol. The van der Waals surface area contributed by atoms with E-state index < -0.39 is 35.2 Å². The quantitative estimate of drug-likeness (QED) is 0.0913. The lowest BCUT2D eigenvalue weighted by Crippen LogP contribution is -2.69. The Morgan fingerprint density at radius 3 is 1.06 bits per heavy atom. The van der Waals surface area contributed by atoms with Crippen LogP contribution >= 0.6 is 0 Å². The fraction of sp³-hybridized carbons (Fsp3) is 0.900. The van der Waals surface area contributed by atoms with Gasteiger partial charge in [0.05, 0.1) is 6.61 Å². The van der Waals surface area contributed by atoms with Gasteiger partial charge in [0, 0.05) is 19.3 Å². The number of Topliss-reactive ketones (excluding diaryl/α,β-unsaturated/α-hetero) is 3. The van der Waals surface area contributed by atoms with Crippen molar-refractivity contribution in [3.63, 3.8) is 0 Å². The average Bonchev–Trinajstić information content (AvgIpc) is 2.88. The smallest absolute Gasteiger partial charge is 0.219 e. The van der Waals surface area contributed by atoms with E-state index in [0.717, 1.165) is 96.3 Å². The molecule has 3 N–H and O–H groups in total. The monoisotopic (exact) mass is 512 g/mol. The van der Waals surface area contributed by atoms with Gasteiger partial charge in [0.1, 0.15) is 0 Å². The zero-order valence-corrected chi connectivity index (χ0v) is 23.6. The van der Waals surface area contributed by atoms with Gasteiger partial charge in [0.2, 0.25) is 5.60 Å². The van der Waals surface area contributed by atoms with Crippen LogP contribution in [0.2, 0.25) is 0 Å². The number of aliphatic hydroxyl groups is 3. The zero-order chi connectivity index (χ0) is 27.3. The van der Waals surface area contributed by atoms with Gasteiger partial charge in [0.25, 0.3) is 0 Å². The highest BCUT2D eigenvalue weighted by atomic mass is 16.4. The van der Waals surface area contributed by atoms with Gasteiger partial charge in [-0.3, -0.25) is 14.4 Å². The van der Waals surface area contributed by atoms with E-state index in [-0.39, 0.29) is 19.3 Å². The minimum absolute atomic E-state index is 0.0832. The predicted octanol–water partition coefficient (Wildman–Crippen LogP) is 6.40. The number of carbonyl (C=O) groups excluding carboxylic acids is 3. The second kappa shape index (κ2) is 20.9. The van der Waals surface area contributed by atoms with Crippen molar-refractivity contribution in [3.8, 4) is 0 Å². The molecule has 0 amide bonds. The van der Waals surface area contributed by atoms with Crippen LogP contribution in [0.5, 0.6) is 0 Å². The summed E-state index contributed by atoms with van der Waals surface area (Å²) in [7, 11) is 0. The summed E-state index contributed by atoms with van der Waals surface area (Å²) in [5.74, 6) is -2.51. The molecule has 0 aromatic carbocycles. The molecule has 0 aromatic rings. The highest BCUT2D eigenvalue weighted by molar-refractivity contribution is 6.16. The number of ketones is 3. The standard InChI is InChI=1S/C30H56O6/c1-4-7-10-13-16-19-22-26(32)29(35,25-31)30(36,27(33)23-20-17-14-11-8-5-2)28(34)24-21-18-15-12-9-6-3/h31,35-36H,4-25H2,1-3H3. The third kappa shape index (κ3) is 12.0. The van der Waals surface area contributed by atoms with E-state index in [0.29, 0.717) is 19.3 Å². The SMILES string of the molecule is CCCCCCCCC(=O)C(O)(CO)C(O)(C(=O)CCCCCCCC)C(=O)CCCCCCCC. The van der Waals surface area contributed by atoms with Crippen molar-refractivity contribution in [3.05, 3.63) is 0 Å². The van der Waals surface area contributed by atoms with Crippen molar-refractivity contribution >= 4 is 17.3 Å². The fourth-order valence-electron chi connectivity index (χ4n) is 4.79. The molecule has 212 valence electrons. The lowest BCUT2D eigenvalue weighted by molar-refractivity contribution is -0.194. The molecule has 0 spiro atoms. The molecule has 1 unspecified atom stereocenters. The maximum absolute atomic E-state index is 13.2. The minimum atomic E-state index is -2.89. The third-order valence-electron chi connectivity index (χ3n) is 7.37. The van der Waals surface area contributed by atoms with Crippen LogP contribution in [0.25, 0.3) is 0 Å². The summed E-state index contributed by atoms with van der Waals surface area (Å²) in [6.45, 7) is 5.22. The maximum Gasteiger partial charge on any atom is 0.219 e. The van der Waals surface area contributed by atoms with Gasteiger partial charge in [-0.05, 0) is 19.3 Å². The second-order valence-electron chi connectivity index (χ2n) is 10.6. The Balaban J connectivity index is 5.38. The molecule has 0 aliphatic rings. The number of hydrogen-bond acceptors (Lipinski definition) is 6. The molecule has 0 heterocycles. The second-order valence-corrected chi connectivity index (χ2v) is 10.6.